The first kappa shape index (κ1) is 15.3. The second kappa shape index (κ2) is 7.08. The van der Waals surface area contributed by atoms with Crippen LogP contribution >= 0.6 is 15.9 Å². The van der Waals surface area contributed by atoms with E-state index in [4.69, 9.17) is 10.5 Å². The maximum atomic E-state index is 12.0. The van der Waals surface area contributed by atoms with Crippen LogP contribution in [0.1, 0.15) is 15.9 Å². The molecule has 0 aliphatic carbocycles. The zero-order valence-electron chi connectivity index (χ0n) is 11.6. The largest absolute Gasteiger partial charge is 0.492 e. The Labute approximate surface area is 131 Å². The van der Waals surface area contributed by atoms with Crippen molar-refractivity contribution in [3.05, 3.63) is 52.1 Å². The predicted octanol–water partition coefficient (Wildman–Crippen LogP) is 2.54. The number of halogens is 1. The SMILES string of the molecule is Cc1cccc(OCCNC(=O)c2cc(Br)cnc2N)c1. The van der Waals surface area contributed by atoms with Gasteiger partial charge in [0.1, 0.15) is 18.2 Å². The van der Waals surface area contributed by atoms with E-state index in [2.05, 4.69) is 26.2 Å². The number of aryl methyl sites for hydroxylation is 1. The van der Waals surface area contributed by atoms with Gasteiger partial charge in [-0.2, -0.15) is 0 Å². The number of hydrogen-bond donors (Lipinski definition) is 2. The first-order chi connectivity index (χ1) is 10.1. The van der Waals surface area contributed by atoms with E-state index >= 15 is 0 Å². The fourth-order valence-electron chi connectivity index (χ4n) is 1.77. The number of benzene rings is 1. The molecule has 0 unspecified atom stereocenters. The molecule has 2 aromatic rings. The number of carbonyl (C=O) groups excluding carboxylic acids is 1. The summed E-state index contributed by atoms with van der Waals surface area (Å²) in [4.78, 5) is 15.9. The summed E-state index contributed by atoms with van der Waals surface area (Å²) < 4.78 is 6.26. The minimum atomic E-state index is -0.269. The van der Waals surface area contributed by atoms with Crippen molar-refractivity contribution in [1.29, 1.82) is 0 Å². The van der Waals surface area contributed by atoms with E-state index in [0.29, 0.717) is 23.2 Å². The number of amides is 1. The third-order valence-corrected chi connectivity index (χ3v) is 3.21. The highest BCUT2D eigenvalue weighted by molar-refractivity contribution is 9.10. The third kappa shape index (κ3) is 4.46. The Hall–Kier alpha value is -2.08. The molecule has 3 N–H and O–H groups in total. The van der Waals surface area contributed by atoms with Crippen molar-refractivity contribution in [1.82, 2.24) is 10.3 Å². The zero-order valence-corrected chi connectivity index (χ0v) is 13.2. The first-order valence-corrected chi connectivity index (χ1v) is 7.24. The van der Waals surface area contributed by atoms with E-state index in [9.17, 15) is 4.79 Å². The first-order valence-electron chi connectivity index (χ1n) is 6.45. The molecular weight excluding hydrogens is 334 g/mol. The molecule has 0 atom stereocenters. The monoisotopic (exact) mass is 349 g/mol. The number of nitrogens with two attached hydrogens (primary N) is 1. The van der Waals surface area contributed by atoms with Gasteiger partial charge < -0.3 is 15.8 Å². The van der Waals surface area contributed by atoms with Gasteiger partial charge in [0, 0.05) is 10.7 Å². The predicted molar refractivity (Wildman–Crippen MR) is 85.4 cm³/mol. The highest BCUT2D eigenvalue weighted by Gasteiger charge is 2.10. The van der Waals surface area contributed by atoms with Gasteiger partial charge in [-0.1, -0.05) is 12.1 Å². The number of ether oxygens (including phenoxy) is 1. The van der Waals surface area contributed by atoms with Gasteiger partial charge in [0.25, 0.3) is 5.91 Å². The van der Waals surface area contributed by atoms with Crippen LogP contribution < -0.4 is 15.8 Å². The number of hydrogen-bond acceptors (Lipinski definition) is 4. The van der Waals surface area contributed by atoms with Gasteiger partial charge in [-0.15, -0.1) is 0 Å². The molecule has 0 radical (unpaired) electrons. The molecule has 1 amide bonds. The maximum absolute atomic E-state index is 12.0. The molecule has 0 aliphatic heterocycles. The van der Waals surface area contributed by atoms with Crippen LogP contribution in [-0.4, -0.2) is 24.0 Å². The molecule has 0 saturated heterocycles. The lowest BCUT2D eigenvalue weighted by Gasteiger charge is -2.09. The van der Waals surface area contributed by atoms with Crippen molar-refractivity contribution in [2.45, 2.75) is 6.92 Å². The summed E-state index contributed by atoms with van der Waals surface area (Å²) in [6, 6.07) is 9.39. The van der Waals surface area contributed by atoms with Crippen molar-refractivity contribution < 1.29 is 9.53 Å². The number of nitrogens with one attached hydrogen (secondary N) is 1. The molecule has 21 heavy (non-hydrogen) atoms. The number of carbonyl (C=O) groups is 1. The number of anilines is 1. The molecule has 1 aromatic heterocycles. The van der Waals surface area contributed by atoms with Crippen LogP contribution in [0.4, 0.5) is 5.82 Å². The molecular formula is C15H16BrN3O2. The van der Waals surface area contributed by atoms with Crippen LogP contribution in [0.3, 0.4) is 0 Å². The standard InChI is InChI=1S/C15H16BrN3O2/c1-10-3-2-4-12(7-10)21-6-5-18-15(20)13-8-11(16)9-19-14(13)17/h2-4,7-9H,5-6H2,1H3,(H2,17,19)(H,18,20). The van der Waals surface area contributed by atoms with Crippen LogP contribution in [-0.2, 0) is 0 Å². The average molecular weight is 350 g/mol. The number of aromatic nitrogens is 1. The number of nitrogen functional groups attached to an aromatic ring is 1. The number of nitrogens with zero attached hydrogens (tertiary/aromatic N) is 1. The Morgan fingerprint density at radius 1 is 1.43 bits per heavy atom. The van der Waals surface area contributed by atoms with Gasteiger partial charge in [0.15, 0.2) is 0 Å². The average Bonchev–Trinajstić information content (AvgIpc) is 2.46. The summed E-state index contributed by atoms with van der Waals surface area (Å²) in [5.74, 6) is 0.720. The van der Waals surface area contributed by atoms with Crippen LogP contribution in [0.2, 0.25) is 0 Å². The van der Waals surface area contributed by atoms with Crippen molar-refractivity contribution >= 4 is 27.7 Å². The van der Waals surface area contributed by atoms with Crippen molar-refractivity contribution in [2.75, 3.05) is 18.9 Å². The highest BCUT2D eigenvalue weighted by atomic mass is 79.9. The molecule has 0 fully saturated rings. The molecule has 0 bridgehead atoms. The zero-order chi connectivity index (χ0) is 15.2. The Bertz CT molecular complexity index is 647. The second-order valence-electron chi connectivity index (χ2n) is 4.51. The molecule has 5 nitrogen and oxygen atoms in total. The van der Waals surface area contributed by atoms with Gasteiger partial charge in [-0.3, -0.25) is 4.79 Å². The number of rotatable bonds is 5. The lowest BCUT2D eigenvalue weighted by atomic mass is 10.2. The lowest BCUT2D eigenvalue weighted by molar-refractivity contribution is 0.0947. The molecule has 1 heterocycles. The Morgan fingerprint density at radius 2 is 2.24 bits per heavy atom. The van der Waals surface area contributed by atoms with E-state index in [-0.39, 0.29) is 11.7 Å². The van der Waals surface area contributed by atoms with Gasteiger partial charge in [0.05, 0.1) is 12.1 Å². The van der Waals surface area contributed by atoms with Crippen molar-refractivity contribution in [3.63, 3.8) is 0 Å². The summed E-state index contributed by atoms with van der Waals surface area (Å²) >= 11 is 3.26. The highest BCUT2D eigenvalue weighted by Crippen LogP contribution is 2.15. The van der Waals surface area contributed by atoms with Crippen LogP contribution in [0, 0.1) is 6.92 Å². The molecule has 0 saturated carbocycles. The van der Waals surface area contributed by atoms with Crippen LogP contribution in [0.5, 0.6) is 5.75 Å². The fraction of sp³-hybridized carbons (Fsp3) is 0.200. The summed E-state index contributed by atoms with van der Waals surface area (Å²) in [5.41, 5.74) is 7.15. The smallest absolute Gasteiger partial charge is 0.255 e. The molecule has 0 aliphatic rings. The molecule has 1 aromatic carbocycles. The fourth-order valence-corrected chi connectivity index (χ4v) is 2.10. The van der Waals surface area contributed by atoms with Gasteiger partial charge in [-0.25, -0.2) is 4.98 Å². The maximum Gasteiger partial charge on any atom is 0.255 e. The van der Waals surface area contributed by atoms with E-state index in [0.717, 1.165) is 11.3 Å². The van der Waals surface area contributed by atoms with Gasteiger partial charge in [0.2, 0.25) is 0 Å². The molecule has 6 heteroatoms. The van der Waals surface area contributed by atoms with Gasteiger partial charge >= 0.3 is 0 Å². The Balaban J connectivity index is 1.83. The summed E-state index contributed by atoms with van der Waals surface area (Å²) in [5, 5.41) is 2.75. The van der Waals surface area contributed by atoms with E-state index in [1.165, 1.54) is 0 Å². The molecule has 110 valence electrons. The number of pyridine rings is 1. The van der Waals surface area contributed by atoms with E-state index < -0.39 is 0 Å². The van der Waals surface area contributed by atoms with E-state index in [1.54, 1.807) is 12.3 Å². The second-order valence-corrected chi connectivity index (χ2v) is 5.42. The normalized spacial score (nSPS) is 10.2. The summed E-state index contributed by atoms with van der Waals surface area (Å²) in [6.45, 7) is 2.77. The third-order valence-electron chi connectivity index (χ3n) is 2.78. The Morgan fingerprint density at radius 3 is 3.00 bits per heavy atom. The minimum absolute atomic E-state index is 0.204. The molecule has 0 spiro atoms. The molecule has 2 rings (SSSR count). The Kier molecular flexibility index (Phi) is 5.16. The van der Waals surface area contributed by atoms with Crippen LogP contribution in [0.15, 0.2) is 41.0 Å². The summed E-state index contributed by atoms with van der Waals surface area (Å²) in [6.07, 6.45) is 1.55. The van der Waals surface area contributed by atoms with E-state index in [1.807, 2.05) is 31.2 Å². The lowest BCUT2D eigenvalue weighted by Crippen LogP contribution is -2.29. The quantitative estimate of drug-likeness (QED) is 0.813. The summed E-state index contributed by atoms with van der Waals surface area (Å²) in [7, 11) is 0. The topological polar surface area (TPSA) is 77.2 Å². The van der Waals surface area contributed by atoms with Crippen molar-refractivity contribution in [3.8, 4) is 5.75 Å². The van der Waals surface area contributed by atoms with Crippen molar-refractivity contribution in [2.24, 2.45) is 0 Å². The minimum Gasteiger partial charge on any atom is -0.492 e. The van der Waals surface area contributed by atoms with Gasteiger partial charge in [-0.05, 0) is 46.6 Å². The van der Waals surface area contributed by atoms with Crippen LogP contribution in [0.25, 0.3) is 0 Å².